The van der Waals surface area contributed by atoms with E-state index in [1.54, 1.807) is 42.5 Å². The molecule has 0 unspecified atom stereocenters. The van der Waals surface area contributed by atoms with Crippen molar-refractivity contribution in [1.29, 1.82) is 0 Å². The fourth-order valence-electron chi connectivity index (χ4n) is 3.76. The van der Waals surface area contributed by atoms with E-state index in [4.69, 9.17) is 9.47 Å². The van der Waals surface area contributed by atoms with Crippen molar-refractivity contribution in [2.24, 2.45) is 5.92 Å². The van der Waals surface area contributed by atoms with Crippen LogP contribution in [0.3, 0.4) is 0 Å². The fourth-order valence-corrected chi connectivity index (χ4v) is 3.76. The molecule has 1 fully saturated rings. The third-order valence-corrected chi connectivity index (χ3v) is 5.75. The minimum atomic E-state index is -0.713. The van der Waals surface area contributed by atoms with E-state index in [9.17, 15) is 24.0 Å². The Kier molecular flexibility index (Phi) is 9.32. The van der Waals surface area contributed by atoms with Gasteiger partial charge < -0.3 is 19.7 Å². The summed E-state index contributed by atoms with van der Waals surface area (Å²) in [6, 6.07) is 12.9. The Hall–Kier alpha value is -4.01. The summed E-state index contributed by atoms with van der Waals surface area (Å²) >= 11 is 0. The van der Waals surface area contributed by atoms with Crippen LogP contribution in [0.25, 0.3) is 0 Å². The van der Waals surface area contributed by atoms with Crippen LogP contribution < -0.4 is 10.2 Å². The van der Waals surface area contributed by atoms with Crippen molar-refractivity contribution in [2.45, 2.75) is 39.5 Å². The van der Waals surface area contributed by atoms with Crippen LogP contribution in [0.5, 0.6) is 0 Å². The lowest BCUT2D eigenvalue weighted by atomic mass is 10.1. The molecule has 0 aliphatic carbocycles. The first-order valence-electron chi connectivity index (χ1n) is 11.9. The molecule has 2 aromatic carbocycles. The maximum absolute atomic E-state index is 12.5. The van der Waals surface area contributed by atoms with Gasteiger partial charge in [0.05, 0.1) is 18.1 Å². The number of nitrogens with zero attached hydrogens (tertiary/aromatic N) is 1. The first kappa shape index (κ1) is 26.6. The molecule has 0 bridgehead atoms. The number of Topliss-reactive ketones (excluding diaryl/α,β-unsaturated/α-hetero) is 1. The Bertz CT molecular complexity index is 1130. The third-order valence-electron chi connectivity index (χ3n) is 5.75. The van der Waals surface area contributed by atoms with Gasteiger partial charge in [-0.1, -0.05) is 31.9 Å². The maximum Gasteiger partial charge on any atom is 0.338 e. The lowest BCUT2D eigenvalue weighted by Gasteiger charge is -2.17. The van der Waals surface area contributed by atoms with Crippen LogP contribution in [0, 0.1) is 5.92 Å². The number of anilines is 2. The number of ketones is 1. The van der Waals surface area contributed by atoms with Gasteiger partial charge in [-0.2, -0.15) is 0 Å². The topological polar surface area (TPSA) is 119 Å². The summed E-state index contributed by atoms with van der Waals surface area (Å²) in [7, 11) is 0. The van der Waals surface area contributed by atoms with Gasteiger partial charge >= 0.3 is 11.9 Å². The molecule has 3 rings (SSSR count). The lowest BCUT2D eigenvalue weighted by molar-refractivity contribution is -0.151. The number of ether oxygens (including phenoxy) is 2. The number of amides is 2. The van der Waals surface area contributed by atoms with Gasteiger partial charge in [0, 0.05) is 29.9 Å². The molecular formula is C27H30N2O7. The number of benzene rings is 2. The Morgan fingerprint density at radius 3 is 2.44 bits per heavy atom. The van der Waals surface area contributed by atoms with Crippen LogP contribution in [-0.2, 0) is 23.9 Å². The summed E-state index contributed by atoms with van der Waals surface area (Å²) in [5.41, 5.74) is 1.81. The second-order valence-corrected chi connectivity index (χ2v) is 8.59. The number of nitrogens with one attached hydrogen (secondary N) is 1. The van der Waals surface area contributed by atoms with Crippen molar-refractivity contribution >= 4 is 40.9 Å². The molecule has 1 saturated heterocycles. The molecule has 1 N–H and O–H groups in total. The average Bonchev–Trinajstić information content (AvgIpc) is 3.27. The average molecular weight is 495 g/mol. The third kappa shape index (κ3) is 7.24. The van der Waals surface area contributed by atoms with Crippen LogP contribution in [-0.4, -0.2) is 49.3 Å². The number of esters is 2. The summed E-state index contributed by atoms with van der Waals surface area (Å²) < 4.78 is 10.4. The van der Waals surface area contributed by atoms with E-state index in [0.717, 1.165) is 19.3 Å². The van der Waals surface area contributed by atoms with Crippen LogP contribution in [0.1, 0.15) is 60.2 Å². The zero-order chi connectivity index (χ0) is 26.1. The molecule has 9 nitrogen and oxygen atoms in total. The van der Waals surface area contributed by atoms with Gasteiger partial charge in [0.1, 0.15) is 0 Å². The molecule has 2 amide bonds. The van der Waals surface area contributed by atoms with Gasteiger partial charge in [-0.15, -0.1) is 0 Å². The number of hydrogen-bond acceptors (Lipinski definition) is 7. The van der Waals surface area contributed by atoms with E-state index in [0.29, 0.717) is 29.1 Å². The molecule has 0 spiro atoms. The molecule has 0 radical (unpaired) electrons. The number of carbonyl (C=O) groups excluding carboxylic acids is 5. The van der Waals surface area contributed by atoms with Crippen molar-refractivity contribution < 1.29 is 33.4 Å². The Labute approximate surface area is 209 Å². The molecule has 2 aromatic rings. The molecule has 1 aliphatic rings. The van der Waals surface area contributed by atoms with E-state index < -0.39 is 30.4 Å². The molecule has 190 valence electrons. The van der Waals surface area contributed by atoms with E-state index >= 15 is 0 Å². The molecule has 0 saturated carbocycles. The van der Waals surface area contributed by atoms with Gasteiger partial charge in [-0.3, -0.25) is 19.2 Å². The van der Waals surface area contributed by atoms with E-state index in [1.807, 2.05) is 0 Å². The molecule has 9 heteroatoms. The normalized spacial score (nSPS) is 14.9. The van der Waals surface area contributed by atoms with Gasteiger partial charge in [0.25, 0.3) is 5.91 Å². The van der Waals surface area contributed by atoms with Crippen molar-refractivity contribution in [3.8, 4) is 0 Å². The van der Waals surface area contributed by atoms with Crippen molar-refractivity contribution in [2.75, 3.05) is 30.0 Å². The summed E-state index contributed by atoms with van der Waals surface area (Å²) in [5, 5.41) is 2.58. The van der Waals surface area contributed by atoms with Gasteiger partial charge in [-0.05, 0) is 49.7 Å². The Morgan fingerprint density at radius 2 is 1.75 bits per heavy atom. The summed E-state index contributed by atoms with van der Waals surface area (Å²) in [5.74, 6) is -2.72. The number of hydrogen-bond donors (Lipinski definition) is 1. The van der Waals surface area contributed by atoms with E-state index in [1.165, 1.54) is 17.9 Å². The highest BCUT2D eigenvalue weighted by Gasteiger charge is 2.36. The van der Waals surface area contributed by atoms with Crippen molar-refractivity contribution in [3.63, 3.8) is 0 Å². The minimum absolute atomic E-state index is 0.0394. The van der Waals surface area contributed by atoms with Crippen molar-refractivity contribution in [3.05, 3.63) is 59.7 Å². The molecule has 1 heterocycles. The van der Waals surface area contributed by atoms with Crippen LogP contribution in [0.15, 0.2) is 48.5 Å². The van der Waals surface area contributed by atoms with Crippen LogP contribution >= 0.6 is 0 Å². The minimum Gasteiger partial charge on any atom is -0.462 e. The number of rotatable bonds is 11. The number of carbonyl (C=O) groups is 5. The monoisotopic (exact) mass is 494 g/mol. The molecule has 36 heavy (non-hydrogen) atoms. The molecule has 0 aromatic heterocycles. The van der Waals surface area contributed by atoms with Gasteiger partial charge in [-0.25, -0.2) is 4.79 Å². The molecule has 1 atom stereocenters. The highest BCUT2D eigenvalue weighted by atomic mass is 16.5. The highest BCUT2D eigenvalue weighted by molar-refractivity contribution is 6.01. The smallest absolute Gasteiger partial charge is 0.338 e. The zero-order valence-corrected chi connectivity index (χ0v) is 20.5. The standard InChI is InChI=1S/C27H30N2O7/c1-3-4-5-13-35-26(33)19-9-11-23(12-10-19)29-16-21(15-25(29)32)27(34)36-17-24(31)28-22-8-6-7-20(14-22)18(2)30/h6-12,14,21H,3-5,13,15-17H2,1-2H3,(H,28,31)/t21-/m0/s1. The quantitative estimate of drug-likeness (QED) is 0.287. The molecule has 1 aliphatic heterocycles. The Morgan fingerprint density at radius 1 is 1.00 bits per heavy atom. The Balaban J connectivity index is 1.49. The van der Waals surface area contributed by atoms with Crippen molar-refractivity contribution in [1.82, 2.24) is 0 Å². The number of unbranched alkanes of at least 4 members (excludes halogenated alkanes) is 2. The summed E-state index contributed by atoms with van der Waals surface area (Å²) in [6.07, 6.45) is 2.80. The second kappa shape index (κ2) is 12.6. The fraction of sp³-hybridized carbons (Fsp3) is 0.370. The predicted octanol–water partition coefficient (Wildman–Crippen LogP) is 3.77. The largest absolute Gasteiger partial charge is 0.462 e. The zero-order valence-electron chi connectivity index (χ0n) is 20.5. The SMILES string of the molecule is CCCCCOC(=O)c1ccc(N2C[C@@H](C(=O)OCC(=O)Nc3cccc(C(C)=O)c3)CC2=O)cc1. The van der Waals surface area contributed by atoms with Gasteiger partial charge in [0.15, 0.2) is 12.4 Å². The highest BCUT2D eigenvalue weighted by Crippen LogP contribution is 2.26. The van der Waals surface area contributed by atoms with Gasteiger partial charge in [0.2, 0.25) is 5.91 Å². The first-order chi connectivity index (χ1) is 17.3. The van der Waals surface area contributed by atoms with Crippen LogP contribution in [0.2, 0.25) is 0 Å². The van der Waals surface area contributed by atoms with E-state index in [2.05, 4.69) is 12.2 Å². The lowest BCUT2D eigenvalue weighted by Crippen LogP contribution is -2.28. The van der Waals surface area contributed by atoms with Crippen LogP contribution in [0.4, 0.5) is 11.4 Å². The predicted molar refractivity (Wildman–Crippen MR) is 133 cm³/mol. The summed E-state index contributed by atoms with van der Waals surface area (Å²) in [4.78, 5) is 62.2. The van der Waals surface area contributed by atoms with E-state index in [-0.39, 0.29) is 24.7 Å². The first-order valence-corrected chi connectivity index (χ1v) is 11.9. The maximum atomic E-state index is 12.5. The summed E-state index contributed by atoms with van der Waals surface area (Å²) in [6.45, 7) is 3.46. The molecular weight excluding hydrogens is 464 g/mol. The second-order valence-electron chi connectivity index (χ2n) is 8.59.